The van der Waals surface area contributed by atoms with Crippen molar-refractivity contribution in [3.05, 3.63) is 59.7 Å². The quantitative estimate of drug-likeness (QED) is 0.909. The van der Waals surface area contributed by atoms with E-state index in [0.717, 1.165) is 5.69 Å². The van der Waals surface area contributed by atoms with Gasteiger partial charge in [-0.1, -0.05) is 6.07 Å². The highest BCUT2D eigenvalue weighted by Gasteiger charge is 2.17. The molecule has 0 radical (unpaired) electrons. The first-order valence-corrected chi connectivity index (χ1v) is 6.61. The van der Waals surface area contributed by atoms with Crippen LogP contribution in [0.4, 0.5) is 20.2 Å². The molecule has 0 saturated carbocycles. The second-order valence-electron chi connectivity index (χ2n) is 4.68. The average Bonchev–Trinajstić information content (AvgIpc) is 2.41. The van der Waals surface area contributed by atoms with Gasteiger partial charge in [-0.15, -0.1) is 0 Å². The van der Waals surface area contributed by atoms with Gasteiger partial charge in [-0.2, -0.15) is 0 Å². The molecule has 2 N–H and O–H groups in total. The third-order valence-corrected chi connectivity index (χ3v) is 3.23. The number of benzene rings is 2. The van der Waals surface area contributed by atoms with Crippen molar-refractivity contribution in [2.24, 2.45) is 5.73 Å². The summed E-state index contributed by atoms with van der Waals surface area (Å²) in [6, 6.07) is 10.6. The highest BCUT2D eigenvalue weighted by molar-refractivity contribution is 5.67. The van der Waals surface area contributed by atoms with Gasteiger partial charge in [0.15, 0.2) is 0 Å². The molecule has 2 aromatic rings. The van der Waals surface area contributed by atoms with Crippen LogP contribution in [0.5, 0.6) is 0 Å². The summed E-state index contributed by atoms with van der Waals surface area (Å²) in [6.07, 6.45) is 0. The molecule has 106 valence electrons. The lowest BCUT2D eigenvalue weighted by atomic mass is 10.0. The highest BCUT2D eigenvalue weighted by Crippen LogP contribution is 2.32. The maximum atomic E-state index is 14.0. The molecule has 1 atom stereocenters. The Morgan fingerprint density at radius 1 is 1.10 bits per heavy atom. The number of nitrogens with two attached hydrogens (primary N) is 1. The standard InChI is InChI=1S/C16H18F2N2/c1-3-20(13-9-7-12(17)8-10-13)15-6-4-5-14(18)16(15)11(2)19/h4-11H,3,19H2,1-2H3. The molecule has 0 aliphatic heterocycles. The lowest BCUT2D eigenvalue weighted by Crippen LogP contribution is -2.21. The van der Waals surface area contributed by atoms with Crippen LogP contribution in [-0.4, -0.2) is 6.54 Å². The smallest absolute Gasteiger partial charge is 0.130 e. The predicted octanol–water partition coefficient (Wildman–Crippen LogP) is 4.14. The highest BCUT2D eigenvalue weighted by atomic mass is 19.1. The van der Waals surface area contributed by atoms with Crippen LogP contribution < -0.4 is 10.6 Å². The minimum atomic E-state index is -0.416. The number of rotatable bonds is 4. The van der Waals surface area contributed by atoms with Crippen LogP contribution in [0, 0.1) is 11.6 Å². The summed E-state index contributed by atoms with van der Waals surface area (Å²) in [5.41, 5.74) is 7.88. The first-order chi connectivity index (χ1) is 9.54. The van der Waals surface area contributed by atoms with E-state index in [0.29, 0.717) is 17.8 Å². The lowest BCUT2D eigenvalue weighted by molar-refractivity contribution is 0.593. The molecule has 0 heterocycles. The van der Waals surface area contributed by atoms with Crippen molar-refractivity contribution in [1.82, 2.24) is 0 Å². The van der Waals surface area contributed by atoms with E-state index in [2.05, 4.69) is 0 Å². The second-order valence-corrected chi connectivity index (χ2v) is 4.68. The fourth-order valence-electron chi connectivity index (χ4n) is 2.32. The molecule has 2 nitrogen and oxygen atoms in total. The SMILES string of the molecule is CCN(c1ccc(F)cc1)c1cccc(F)c1C(C)N. The van der Waals surface area contributed by atoms with Crippen molar-refractivity contribution >= 4 is 11.4 Å². The monoisotopic (exact) mass is 276 g/mol. The minimum Gasteiger partial charge on any atom is -0.341 e. The third-order valence-electron chi connectivity index (χ3n) is 3.23. The molecule has 0 saturated heterocycles. The van der Waals surface area contributed by atoms with E-state index in [-0.39, 0.29) is 11.6 Å². The molecular weight excluding hydrogens is 258 g/mol. The largest absolute Gasteiger partial charge is 0.341 e. The van der Waals surface area contributed by atoms with E-state index in [4.69, 9.17) is 5.73 Å². The van der Waals surface area contributed by atoms with Gasteiger partial charge in [0.25, 0.3) is 0 Å². The number of hydrogen-bond donors (Lipinski definition) is 1. The zero-order chi connectivity index (χ0) is 14.7. The van der Waals surface area contributed by atoms with Crippen molar-refractivity contribution in [2.45, 2.75) is 19.9 Å². The Labute approximate surface area is 117 Å². The summed E-state index contributed by atoms with van der Waals surface area (Å²) in [4.78, 5) is 1.92. The number of halogens is 2. The van der Waals surface area contributed by atoms with Crippen molar-refractivity contribution in [1.29, 1.82) is 0 Å². The molecule has 0 spiro atoms. The molecule has 20 heavy (non-hydrogen) atoms. The van der Waals surface area contributed by atoms with Crippen molar-refractivity contribution in [3.63, 3.8) is 0 Å². The fraction of sp³-hybridized carbons (Fsp3) is 0.250. The van der Waals surface area contributed by atoms with Gasteiger partial charge in [-0.3, -0.25) is 0 Å². The topological polar surface area (TPSA) is 29.3 Å². The molecule has 0 aliphatic rings. The minimum absolute atomic E-state index is 0.295. The molecule has 0 fully saturated rings. The van der Waals surface area contributed by atoms with Crippen LogP contribution in [0.2, 0.25) is 0 Å². The summed E-state index contributed by atoms with van der Waals surface area (Å²) >= 11 is 0. The molecule has 1 unspecified atom stereocenters. The van der Waals surface area contributed by atoms with Crippen LogP contribution in [0.25, 0.3) is 0 Å². The summed E-state index contributed by atoms with van der Waals surface area (Å²) in [6.45, 7) is 4.34. The fourth-order valence-corrected chi connectivity index (χ4v) is 2.32. The Morgan fingerprint density at radius 2 is 1.75 bits per heavy atom. The maximum Gasteiger partial charge on any atom is 0.130 e. The van der Waals surface area contributed by atoms with E-state index in [1.807, 2.05) is 17.9 Å². The van der Waals surface area contributed by atoms with E-state index in [1.54, 1.807) is 25.1 Å². The number of nitrogens with zero attached hydrogens (tertiary/aromatic N) is 1. The van der Waals surface area contributed by atoms with E-state index in [1.165, 1.54) is 18.2 Å². The molecule has 4 heteroatoms. The second kappa shape index (κ2) is 6.01. The predicted molar refractivity (Wildman–Crippen MR) is 78.1 cm³/mol. The van der Waals surface area contributed by atoms with Crippen molar-refractivity contribution in [3.8, 4) is 0 Å². The van der Waals surface area contributed by atoms with Crippen molar-refractivity contribution in [2.75, 3.05) is 11.4 Å². The zero-order valence-corrected chi connectivity index (χ0v) is 11.6. The Hall–Kier alpha value is -1.94. The molecule has 0 amide bonds. The summed E-state index contributed by atoms with van der Waals surface area (Å²) in [5.74, 6) is -0.616. The first-order valence-electron chi connectivity index (χ1n) is 6.61. The van der Waals surface area contributed by atoms with Gasteiger partial charge >= 0.3 is 0 Å². The molecule has 2 aromatic carbocycles. The maximum absolute atomic E-state index is 14.0. The molecule has 0 aromatic heterocycles. The van der Waals surface area contributed by atoms with Crippen LogP contribution in [0.1, 0.15) is 25.5 Å². The van der Waals surface area contributed by atoms with Gasteiger partial charge < -0.3 is 10.6 Å². The molecule has 0 bridgehead atoms. The van der Waals surface area contributed by atoms with Gasteiger partial charge in [0.05, 0.1) is 0 Å². The molecule has 2 rings (SSSR count). The van der Waals surface area contributed by atoms with Crippen LogP contribution in [0.15, 0.2) is 42.5 Å². The Balaban J connectivity index is 2.52. The normalized spacial score (nSPS) is 12.2. The van der Waals surface area contributed by atoms with Gasteiger partial charge in [0.2, 0.25) is 0 Å². The van der Waals surface area contributed by atoms with Gasteiger partial charge in [0, 0.05) is 29.5 Å². The van der Waals surface area contributed by atoms with Gasteiger partial charge in [-0.25, -0.2) is 8.78 Å². The van der Waals surface area contributed by atoms with Crippen LogP contribution in [0.3, 0.4) is 0 Å². The van der Waals surface area contributed by atoms with Gasteiger partial charge in [0.1, 0.15) is 11.6 Å². The zero-order valence-electron chi connectivity index (χ0n) is 11.6. The average molecular weight is 276 g/mol. The van der Waals surface area contributed by atoms with E-state index < -0.39 is 6.04 Å². The number of anilines is 2. The van der Waals surface area contributed by atoms with Gasteiger partial charge in [-0.05, 0) is 50.2 Å². The molecule has 0 aliphatic carbocycles. The Kier molecular flexibility index (Phi) is 4.35. The summed E-state index contributed by atoms with van der Waals surface area (Å²) in [5, 5.41) is 0. The first kappa shape index (κ1) is 14.5. The number of hydrogen-bond acceptors (Lipinski definition) is 2. The van der Waals surface area contributed by atoms with E-state index >= 15 is 0 Å². The Bertz CT molecular complexity index is 580. The summed E-state index contributed by atoms with van der Waals surface area (Å²) in [7, 11) is 0. The summed E-state index contributed by atoms with van der Waals surface area (Å²) < 4.78 is 27.0. The molecular formula is C16H18F2N2. The lowest BCUT2D eigenvalue weighted by Gasteiger charge is -2.27. The van der Waals surface area contributed by atoms with Crippen LogP contribution >= 0.6 is 0 Å². The van der Waals surface area contributed by atoms with E-state index in [9.17, 15) is 8.78 Å². The Morgan fingerprint density at radius 3 is 2.30 bits per heavy atom. The van der Waals surface area contributed by atoms with Crippen LogP contribution in [-0.2, 0) is 0 Å². The van der Waals surface area contributed by atoms with Crippen molar-refractivity contribution < 1.29 is 8.78 Å². The third kappa shape index (κ3) is 2.80.